The van der Waals surface area contributed by atoms with E-state index in [1.54, 1.807) is 0 Å². The first-order valence-corrected chi connectivity index (χ1v) is 7.46. The second kappa shape index (κ2) is 5.14. The van der Waals surface area contributed by atoms with Gasteiger partial charge in [0.05, 0.1) is 12.1 Å². The van der Waals surface area contributed by atoms with Gasteiger partial charge in [0, 0.05) is 12.1 Å². The van der Waals surface area contributed by atoms with E-state index in [0.29, 0.717) is 6.54 Å². The molecule has 0 aliphatic carbocycles. The Balaban J connectivity index is 2.11. The van der Waals surface area contributed by atoms with E-state index in [1.165, 1.54) is 37.1 Å². The van der Waals surface area contributed by atoms with Gasteiger partial charge in [-0.2, -0.15) is 0 Å². The third kappa shape index (κ3) is 2.05. The molecule has 19 heavy (non-hydrogen) atoms. The summed E-state index contributed by atoms with van der Waals surface area (Å²) < 4.78 is 6.01. The summed E-state index contributed by atoms with van der Waals surface area (Å²) in [6.07, 6.45) is 4.79. The van der Waals surface area contributed by atoms with Crippen LogP contribution in [-0.2, 0) is 5.54 Å². The zero-order chi connectivity index (χ0) is 13.3. The molecule has 3 heteroatoms. The Bertz CT molecular complexity index is 454. The number of hydrogen-bond acceptors (Lipinski definition) is 3. The number of nitrogens with two attached hydrogens (primary N) is 1. The minimum Gasteiger partial charge on any atom is -0.493 e. The molecule has 2 heterocycles. The van der Waals surface area contributed by atoms with Crippen LogP contribution in [0.5, 0.6) is 5.75 Å². The van der Waals surface area contributed by atoms with E-state index in [4.69, 9.17) is 10.5 Å². The van der Waals surface area contributed by atoms with Gasteiger partial charge in [0.1, 0.15) is 5.75 Å². The summed E-state index contributed by atoms with van der Waals surface area (Å²) in [6.45, 7) is 5.98. The second-order valence-corrected chi connectivity index (χ2v) is 5.83. The fraction of sp³-hybridized carbons (Fsp3) is 0.625. The monoisotopic (exact) mass is 260 g/mol. The van der Waals surface area contributed by atoms with E-state index in [9.17, 15) is 0 Å². The van der Waals surface area contributed by atoms with Crippen LogP contribution < -0.4 is 10.5 Å². The molecule has 1 saturated heterocycles. The van der Waals surface area contributed by atoms with Crippen LogP contribution in [0.15, 0.2) is 18.2 Å². The average Bonchev–Trinajstić information content (AvgIpc) is 2.89. The molecule has 0 radical (unpaired) electrons. The molecule has 0 amide bonds. The summed E-state index contributed by atoms with van der Waals surface area (Å²) in [5.74, 6) is 1.08. The molecule has 1 unspecified atom stereocenters. The Labute approximate surface area is 115 Å². The van der Waals surface area contributed by atoms with Crippen LogP contribution >= 0.6 is 0 Å². The molecule has 3 nitrogen and oxygen atoms in total. The van der Waals surface area contributed by atoms with Gasteiger partial charge in [0.2, 0.25) is 0 Å². The first-order chi connectivity index (χ1) is 9.28. The van der Waals surface area contributed by atoms with E-state index >= 15 is 0 Å². The Morgan fingerprint density at radius 3 is 2.79 bits per heavy atom. The molecule has 1 aromatic rings. The molecule has 0 bridgehead atoms. The van der Waals surface area contributed by atoms with Gasteiger partial charge >= 0.3 is 0 Å². The van der Waals surface area contributed by atoms with Crippen LogP contribution in [-0.4, -0.2) is 31.1 Å². The van der Waals surface area contributed by atoms with E-state index < -0.39 is 0 Å². The van der Waals surface area contributed by atoms with Gasteiger partial charge in [-0.25, -0.2) is 0 Å². The number of aryl methyl sites for hydroxylation is 1. The number of hydrogen-bond donors (Lipinski definition) is 1. The molecule has 1 aromatic carbocycles. The molecule has 2 aliphatic heterocycles. The van der Waals surface area contributed by atoms with Crippen molar-refractivity contribution < 1.29 is 4.74 Å². The molecule has 2 aliphatic rings. The van der Waals surface area contributed by atoms with E-state index in [0.717, 1.165) is 25.2 Å². The number of rotatable bonds is 2. The summed E-state index contributed by atoms with van der Waals surface area (Å²) >= 11 is 0. The Morgan fingerprint density at radius 2 is 2.05 bits per heavy atom. The molecular formula is C16H24N2O. The normalized spacial score (nSPS) is 27.7. The molecule has 0 aromatic heterocycles. The van der Waals surface area contributed by atoms with Gasteiger partial charge in [-0.3, -0.25) is 4.90 Å². The van der Waals surface area contributed by atoms with Crippen LogP contribution in [0.2, 0.25) is 0 Å². The van der Waals surface area contributed by atoms with Crippen molar-refractivity contribution >= 4 is 0 Å². The minimum absolute atomic E-state index is 0.00560. The fourth-order valence-electron chi connectivity index (χ4n) is 3.70. The first-order valence-electron chi connectivity index (χ1n) is 7.46. The molecule has 104 valence electrons. The molecular weight excluding hydrogens is 236 g/mol. The molecule has 0 spiro atoms. The zero-order valence-corrected chi connectivity index (χ0v) is 11.8. The maximum Gasteiger partial charge on any atom is 0.127 e. The highest BCUT2D eigenvalue weighted by molar-refractivity contribution is 5.46. The van der Waals surface area contributed by atoms with Crippen LogP contribution in [0.25, 0.3) is 0 Å². The van der Waals surface area contributed by atoms with Gasteiger partial charge < -0.3 is 10.5 Å². The lowest BCUT2D eigenvalue weighted by Gasteiger charge is -2.41. The fourth-order valence-corrected chi connectivity index (χ4v) is 3.70. The largest absolute Gasteiger partial charge is 0.493 e. The first kappa shape index (κ1) is 12.9. The van der Waals surface area contributed by atoms with Crippen molar-refractivity contribution in [2.24, 2.45) is 5.73 Å². The Hall–Kier alpha value is -1.06. The lowest BCUT2D eigenvalue weighted by molar-refractivity contribution is 0.112. The summed E-state index contributed by atoms with van der Waals surface area (Å²) in [4.78, 5) is 2.60. The third-order valence-corrected chi connectivity index (χ3v) is 4.74. The SMILES string of the molecule is Cc1cccc2c1OCCCC2(CN)N1CCCC1. The molecule has 3 rings (SSSR count). The van der Waals surface area contributed by atoms with Crippen molar-refractivity contribution in [1.82, 2.24) is 4.90 Å². The standard InChI is InChI=1S/C16H24N2O/c1-13-6-4-7-14-15(13)19-11-5-8-16(14,12-17)18-9-2-3-10-18/h4,6-7H,2-3,5,8-12,17H2,1H3. The predicted molar refractivity (Wildman–Crippen MR) is 77.4 cm³/mol. The molecule has 2 N–H and O–H groups in total. The quantitative estimate of drug-likeness (QED) is 0.887. The summed E-state index contributed by atoms with van der Waals surface area (Å²) in [7, 11) is 0. The van der Waals surface area contributed by atoms with E-state index in [-0.39, 0.29) is 5.54 Å². The van der Waals surface area contributed by atoms with Gasteiger partial charge in [-0.15, -0.1) is 0 Å². The maximum atomic E-state index is 6.26. The van der Waals surface area contributed by atoms with Crippen molar-refractivity contribution in [2.75, 3.05) is 26.2 Å². The van der Waals surface area contributed by atoms with Crippen molar-refractivity contribution in [3.8, 4) is 5.75 Å². The topological polar surface area (TPSA) is 38.5 Å². The minimum atomic E-state index is -0.00560. The molecule has 1 atom stereocenters. The number of likely N-dealkylation sites (tertiary alicyclic amines) is 1. The van der Waals surface area contributed by atoms with Crippen LogP contribution in [0.1, 0.15) is 36.8 Å². The zero-order valence-electron chi connectivity index (χ0n) is 11.8. The van der Waals surface area contributed by atoms with Crippen molar-refractivity contribution in [2.45, 2.75) is 38.1 Å². The number of fused-ring (bicyclic) bond motifs is 1. The Morgan fingerprint density at radius 1 is 1.26 bits per heavy atom. The third-order valence-electron chi connectivity index (χ3n) is 4.74. The predicted octanol–water partition coefficient (Wildman–Crippen LogP) is 2.42. The van der Waals surface area contributed by atoms with Crippen LogP contribution in [0.4, 0.5) is 0 Å². The second-order valence-electron chi connectivity index (χ2n) is 5.83. The summed E-state index contributed by atoms with van der Waals surface area (Å²) in [5.41, 5.74) is 8.80. The van der Waals surface area contributed by atoms with Gasteiger partial charge in [0.25, 0.3) is 0 Å². The number of benzene rings is 1. The maximum absolute atomic E-state index is 6.26. The number of ether oxygens (including phenoxy) is 1. The lowest BCUT2D eigenvalue weighted by atomic mass is 9.83. The van der Waals surface area contributed by atoms with Crippen molar-refractivity contribution in [3.05, 3.63) is 29.3 Å². The van der Waals surface area contributed by atoms with Crippen LogP contribution in [0, 0.1) is 6.92 Å². The van der Waals surface area contributed by atoms with E-state index in [1.807, 2.05) is 0 Å². The molecule has 0 saturated carbocycles. The highest BCUT2D eigenvalue weighted by Gasteiger charge is 2.41. The molecule has 1 fully saturated rings. The number of nitrogens with zero attached hydrogens (tertiary/aromatic N) is 1. The summed E-state index contributed by atoms with van der Waals surface area (Å²) in [6, 6.07) is 6.50. The van der Waals surface area contributed by atoms with Gasteiger partial charge in [0.15, 0.2) is 0 Å². The van der Waals surface area contributed by atoms with Crippen molar-refractivity contribution in [3.63, 3.8) is 0 Å². The highest BCUT2D eigenvalue weighted by Crippen LogP contribution is 2.43. The van der Waals surface area contributed by atoms with E-state index in [2.05, 4.69) is 30.0 Å². The smallest absolute Gasteiger partial charge is 0.127 e. The summed E-state index contributed by atoms with van der Waals surface area (Å²) in [5, 5.41) is 0. The Kier molecular flexibility index (Phi) is 3.50. The average molecular weight is 260 g/mol. The lowest BCUT2D eigenvalue weighted by Crippen LogP contribution is -2.49. The highest BCUT2D eigenvalue weighted by atomic mass is 16.5. The number of para-hydroxylation sites is 1. The van der Waals surface area contributed by atoms with Gasteiger partial charge in [-0.05, 0) is 51.3 Å². The van der Waals surface area contributed by atoms with Crippen molar-refractivity contribution in [1.29, 1.82) is 0 Å². The van der Waals surface area contributed by atoms with Crippen LogP contribution in [0.3, 0.4) is 0 Å². The van der Waals surface area contributed by atoms with Gasteiger partial charge in [-0.1, -0.05) is 18.2 Å².